The second-order valence-corrected chi connectivity index (χ2v) is 2.84. The summed E-state index contributed by atoms with van der Waals surface area (Å²) in [5.74, 6) is -0.269. The fraction of sp³-hybridized carbons (Fsp3) is 0.100. The van der Waals surface area contributed by atoms with Gasteiger partial charge in [-0.3, -0.25) is 4.98 Å². The van der Waals surface area contributed by atoms with Crippen LogP contribution in [0.4, 0.5) is 4.39 Å². The molecule has 0 unspecified atom stereocenters. The highest BCUT2D eigenvalue weighted by Gasteiger charge is 1.97. The molecule has 1 aromatic heterocycles. The van der Waals surface area contributed by atoms with Crippen LogP contribution in [-0.2, 0) is 6.54 Å². The van der Waals surface area contributed by atoms with Crippen molar-refractivity contribution >= 4 is 10.9 Å². The topological polar surface area (TPSA) is 38.9 Å². The number of aromatic nitrogens is 1. The largest absolute Gasteiger partial charge is 0.325 e. The number of nitrogens with zero attached hydrogens (tertiary/aromatic N) is 1. The highest BCUT2D eigenvalue weighted by atomic mass is 19.1. The first-order valence-corrected chi connectivity index (χ1v) is 4.05. The lowest BCUT2D eigenvalue weighted by atomic mass is 10.2. The van der Waals surface area contributed by atoms with E-state index in [4.69, 9.17) is 5.73 Å². The molecule has 1 aromatic carbocycles. The Bertz CT molecular complexity index is 440. The van der Waals surface area contributed by atoms with E-state index in [-0.39, 0.29) is 5.82 Å². The Kier molecular flexibility index (Phi) is 1.94. The molecular formula is C10H9FN2. The van der Waals surface area contributed by atoms with Gasteiger partial charge in [-0.2, -0.15) is 0 Å². The maximum atomic E-state index is 12.8. The standard InChI is InChI=1S/C10H9FN2/c11-8-3-1-7-2-4-9(6-12)13-10(7)5-8/h1-5H,6,12H2. The molecule has 13 heavy (non-hydrogen) atoms. The lowest BCUT2D eigenvalue weighted by Gasteiger charge is -1.99. The summed E-state index contributed by atoms with van der Waals surface area (Å²) >= 11 is 0. The van der Waals surface area contributed by atoms with Gasteiger partial charge < -0.3 is 5.73 Å². The molecule has 0 aliphatic heterocycles. The minimum Gasteiger partial charge on any atom is -0.325 e. The summed E-state index contributed by atoms with van der Waals surface area (Å²) in [6, 6.07) is 8.28. The van der Waals surface area contributed by atoms with E-state index in [1.807, 2.05) is 12.1 Å². The number of hydrogen-bond acceptors (Lipinski definition) is 2. The van der Waals surface area contributed by atoms with Crippen LogP contribution < -0.4 is 5.73 Å². The normalized spacial score (nSPS) is 10.6. The first-order chi connectivity index (χ1) is 6.29. The first-order valence-electron chi connectivity index (χ1n) is 4.05. The molecule has 2 N–H and O–H groups in total. The average molecular weight is 176 g/mol. The van der Waals surface area contributed by atoms with Gasteiger partial charge in [-0.1, -0.05) is 6.07 Å². The highest BCUT2D eigenvalue weighted by molar-refractivity contribution is 5.78. The molecule has 0 atom stereocenters. The van der Waals surface area contributed by atoms with Gasteiger partial charge in [-0.25, -0.2) is 4.39 Å². The molecule has 0 spiro atoms. The van der Waals surface area contributed by atoms with E-state index in [1.54, 1.807) is 6.07 Å². The number of nitrogens with two attached hydrogens (primary N) is 1. The number of hydrogen-bond donors (Lipinski definition) is 1. The van der Waals surface area contributed by atoms with E-state index >= 15 is 0 Å². The number of halogens is 1. The molecule has 0 aliphatic rings. The SMILES string of the molecule is NCc1ccc2ccc(F)cc2n1. The highest BCUT2D eigenvalue weighted by Crippen LogP contribution is 2.13. The van der Waals surface area contributed by atoms with Gasteiger partial charge in [0.2, 0.25) is 0 Å². The monoisotopic (exact) mass is 176 g/mol. The molecule has 0 bridgehead atoms. The zero-order chi connectivity index (χ0) is 9.26. The van der Waals surface area contributed by atoms with E-state index in [1.165, 1.54) is 12.1 Å². The van der Waals surface area contributed by atoms with Gasteiger partial charge in [0.25, 0.3) is 0 Å². The quantitative estimate of drug-likeness (QED) is 0.720. The molecule has 3 heteroatoms. The van der Waals surface area contributed by atoms with Gasteiger partial charge in [0.15, 0.2) is 0 Å². The number of fused-ring (bicyclic) bond motifs is 1. The second kappa shape index (κ2) is 3.11. The third kappa shape index (κ3) is 1.51. The number of rotatable bonds is 1. The Labute approximate surface area is 75.2 Å². The van der Waals surface area contributed by atoms with E-state index < -0.39 is 0 Å². The minimum absolute atomic E-state index is 0.269. The van der Waals surface area contributed by atoms with Crippen molar-refractivity contribution in [2.45, 2.75) is 6.54 Å². The zero-order valence-corrected chi connectivity index (χ0v) is 7.00. The van der Waals surface area contributed by atoms with Crippen LogP contribution in [0.25, 0.3) is 10.9 Å². The van der Waals surface area contributed by atoms with Crippen molar-refractivity contribution in [3.8, 4) is 0 Å². The molecule has 0 radical (unpaired) electrons. The van der Waals surface area contributed by atoms with Crippen LogP contribution in [0.2, 0.25) is 0 Å². The van der Waals surface area contributed by atoms with Crippen LogP contribution in [-0.4, -0.2) is 4.98 Å². The van der Waals surface area contributed by atoms with E-state index in [9.17, 15) is 4.39 Å². The smallest absolute Gasteiger partial charge is 0.125 e. The molecular weight excluding hydrogens is 167 g/mol. The molecule has 2 rings (SSSR count). The van der Waals surface area contributed by atoms with Crippen molar-refractivity contribution in [1.82, 2.24) is 4.98 Å². The second-order valence-electron chi connectivity index (χ2n) is 2.84. The molecule has 0 saturated carbocycles. The van der Waals surface area contributed by atoms with E-state index in [0.29, 0.717) is 12.1 Å². The summed E-state index contributed by atoms with van der Waals surface area (Å²) in [4.78, 5) is 4.19. The number of benzene rings is 1. The van der Waals surface area contributed by atoms with Crippen LogP contribution in [0.3, 0.4) is 0 Å². The average Bonchev–Trinajstić information content (AvgIpc) is 2.16. The van der Waals surface area contributed by atoms with Crippen LogP contribution in [0.5, 0.6) is 0 Å². The Hall–Kier alpha value is -1.48. The Morgan fingerprint density at radius 3 is 2.77 bits per heavy atom. The van der Waals surface area contributed by atoms with Gasteiger partial charge >= 0.3 is 0 Å². The van der Waals surface area contributed by atoms with Gasteiger partial charge in [0.1, 0.15) is 5.82 Å². The molecule has 1 heterocycles. The fourth-order valence-electron chi connectivity index (χ4n) is 1.25. The van der Waals surface area contributed by atoms with Crippen LogP contribution in [0.1, 0.15) is 5.69 Å². The van der Waals surface area contributed by atoms with Crippen LogP contribution in [0.15, 0.2) is 30.3 Å². The Morgan fingerprint density at radius 1 is 1.23 bits per heavy atom. The summed E-state index contributed by atoms with van der Waals surface area (Å²) < 4.78 is 12.8. The van der Waals surface area contributed by atoms with Crippen LogP contribution in [0, 0.1) is 5.82 Å². The van der Waals surface area contributed by atoms with Gasteiger partial charge in [-0.15, -0.1) is 0 Å². The van der Waals surface area contributed by atoms with Gasteiger partial charge in [-0.05, 0) is 18.2 Å². The number of pyridine rings is 1. The molecule has 66 valence electrons. The summed E-state index contributed by atoms with van der Waals surface area (Å²) in [6.45, 7) is 0.381. The van der Waals surface area contributed by atoms with E-state index in [2.05, 4.69) is 4.98 Å². The fourth-order valence-corrected chi connectivity index (χ4v) is 1.25. The molecule has 0 fully saturated rings. The van der Waals surface area contributed by atoms with Crippen molar-refractivity contribution < 1.29 is 4.39 Å². The minimum atomic E-state index is -0.269. The third-order valence-electron chi connectivity index (χ3n) is 1.92. The lowest BCUT2D eigenvalue weighted by molar-refractivity contribution is 0.629. The lowest BCUT2D eigenvalue weighted by Crippen LogP contribution is -1.99. The van der Waals surface area contributed by atoms with Crippen molar-refractivity contribution in [2.75, 3.05) is 0 Å². The maximum absolute atomic E-state index is 12.8. The molecule has 2 aromatic rings. The molecule has 0 amide bonds. The van der Waals surface area contributed by atoms with Crippen molar-refractivity contribution in [1.29, 1.82) is 0 Å². The third-order valence-corrected chi connectivity index (χ3v) is 1.92. The van der Waals surface area contributed by atoms with Crippen molar-refractivity contribution in [3.63, 3.8) is 0 Å². The van der Waals surface area contributed by atoms with E-state index in [0.717, 1.165) is 11.1 Å². The Morgan fingerprint density at radius 2 is 2.00 bits per heavy atom. The van der Waals surface area contributed by atoms with Gasteiger partial charge in [0.05, 0.1) is 11.2 Å². The summed E-state index contributed by atoms with van der Waals surface area (Å²) in [6.07, 6.45) is 0. The Balaban J connectivity index is 2.68. The molecule has 2 nitrogen and oxygen atoms in total. The van der Waals surface area contributed by atoms with Crippen molar-refractivity contribution in [2.24, 2.45) is 5.73 Å². The summed E-state index contributed by atoms with van der Waals surface area (Å²) in [5.41, 5.74) is 6.85. The molecule has 0 saturated heterocycles. The van der Waals surface area contributed by atoms with Crippen molar-refractivity contribution in [3.05, 3.63) is 41.8 Å². The summed E-state index contributed by atoms with van der Waals surface area (Å²) in [5, 5.41) is 0.929. The van der Waals surface area contributed by atoms with Gasteiger partial charge in [0, 0.05) is 18.0 Å². The predicted molar refractivity (Wildman–Crippen MR) is 49.6 cm³/mol. The van der Waals surface area contributed by atoms with Crippen LogP contribution >= 0.6 is 0 Å². The summed E-state index contributed by atoms with van der Waals surface area (Å²) in [7, 11) is 0. The molecule has 0 aliphatic carbocycles. The maximum Gasteiger partial charge on any atom is 0.125 e. The first kappa shape index (κ1) is 8.13. The predicted octanol–water partition coefficient (Wildman–Crippen LogP) is 1.83. The zero-order valence-electron chi connectivity index (χ0n) is 7.00.